The van der Waals surface area contributed by atoms with Crippen LogP contribution in [-0.4, -0.2) is 17.6 Å². The van der Waals surface area contributed by atoms with Crippen molar-refractivity contribution < 1.29 is 9.90 Å². The molecule has 1 amide bonds. The van der Waals surface area contributed by atoms with E-state index in [4.69, 9.17) is 0 Å². The van der Waals surface area contributed by atoms with Gasteiger partial charge in [0.2, 0.25) is 5.91 Å². The van der Waals surface area contributed by atoms with Crippen LogP contribution in [0.15, 0.2) is 12.1 Å². The summed E-state index contributed by atoms with van der Waals surface area (Å²) in [4.78, 5) is 12.8. The molecule has 1 rings (SSSR count). The van der Waals surface area contributed by atoms with Crippen LogP contribution < -0.4 is 5.32 Å². The SMILES string of the molecule is CCCCCCCCCCNC(=O)C(C)c1cc(C(C)(C)C)c(O)c(C(C)(C)C)c1. The van der Waals surface area contributed by atoms with Crippen molar-refractivity contribution in [2.75, 3.05) is 6.54 Å². The van der Waals surface area contributed by atoms with E-state index in [1.165, 1.54) is 44.9 Å². The highest BCUT2D eigenvalue weighted by molar-refractivity contribution is 5.83. The van der Waals surface area contributed by atoms with E-state index in [0.29, 0.717) is 5.75 Å². The van der Waals surface area contributed by atoms with Crippen LogP contribution in [0.3, 0.4) is 0 Å². The molecule has 0 radical (unpaired) electrons. The Labute approximate surface area is 186 Å². The minimum absolute atomic E-state index is 0.0725. The fraction of sp³-hybridized carbons (Fsp3) is 0.741. The molecule has 0 fully saturated rings. The van der Waals surface area contributed by atoms with Gasteiger partial charge in [-0.2, -0.15) is 0 Å². The molecule has 30 heavy (non-hydrogen) atoms. The molecule has 3 nitrogen and oxygen atoms in total. The van der Waals surface area contributed by atoms with Crippen LogP contribution in [0.1, 0.15) is 129 Å². The van der Waals surface area contributed by atoms with Gasteiger partial charge in [-0.1, -0.05) is 106 Å². The zero-order chi connectivity index (χ0) is 22.9. The fourth-order valence-corrected chi connectivity index (χ4v) is 3.83. The van der Waals surface area contributed by atoms with Gasteiger partial charge in [-0.25, -0.2) is 0 Å². The van der Waals surface area contributed by atoms with Gasteiger partial charge in [-0.15, -0.1) is 0 Å². The molecule has 0 bridgehead atoms. The smallest absolute Gasteiger partial charge is 0.227 e. The van der Waals surface area contributed by atoms with E-state index in [1.54, 1.807) is 0 Å². The average Bonchev–Trinajstić information content (AvgIpc) is 2.64. The summed E-state index contributed by atoms with van der Waals surface area (Å²) in [6.45, 7) is 17.6. The van der Waals surface area contributed by atoms with Crippen molar-refractivity contribution in [3.05, 3.63) is 28.8 Å². The maximum atomic E-state index is 12.8. The molecule has 0 heterocycles. The van der Waals surface area contributed by atoms with Gasteiger partial charge in [0.1, 0.15) is 5.75 Å². The van der Waals surface area contributed by atoms with Gasteiger partial charge in [0.15, 0.2) is 0 Å². The first-order chi connectivity index (χ1) is 13.9. The molecular formula is C27H47NO2. The Morgan fingerprint density at radius 3 is 1.73 bits per heavy atom. The van der Waals surface area contributed by atoms with Crippen molar-refractivity contribution in [3.8, 4) is 5.75 Å². The van der Waals surface area contributed by atoms with Gasteiger partial charge < -0.3 is 10.4 Å². The van der Waals surface area contributed by atoms with Crippen LogP contribution in [-0.2, 0) is 15.6 Å². The third-order valence-electron chi connectivity index (χ3n) is 5.97. The summed E-state index contributed by atoms with van der Waals surface area (Å²) in [6.07, 6.45) is 10.1. The molecule has 0 aliphatic carbocycles. The summed E-state index contributed by atoms with van der Waals surface area (Å²) in [5.74, 6) is 0.204. The number of nitrogens with one attached hydrogen (secondary N) is 1. The Morgan fingerprint density at radius 2 is 1.30 bits per heavy atom. The predicted octanol–water partition coefficient (Wildman–Crippen LogP) is 7.35. The normalized spacial score (nSPS) is 13.3. The molecule has 0 saturated heterocycles. The second-order valence-corrected chi connectivity index (χ2v) is 11.0. The molecular weight excluding hydrogens is 370 g/mol. The number of aromatic hydroxyl groups is 1. The number of amides is 1. The second kappa shape index (κ2) is 11.8. The lowest BCUT2D eigenvalue weighted by Gasteiger charge is -2.29. The summed E-state index contributed by atoms with van der Waals surface area (Å²) in [5, 5.41) is 14.0. The van der Waals surface area contributed by atoms with Crippen LogP contribution in [0, 0.1) is 0 Å². The molecule has 172 valence electrons. The first-order valence-corrected chi connectivity index (χ1v) is 12.0. The molecule has 0 saturated carbocycles. The summed E-state index contributed by atoms with van der Waals surface area (Å²) in [6, 6.07) is 4.04. The monoisotopic (exact) mass is 417 g/mol. The Bertz CT molecular complexity index is 629. The van der Waals surface area contributed by atoms with Crippen molar-refractivity contribution in [3.63, 3.8) is 0 Å². The standard InChI is InChI=1S/C27H47NO2/c1-9-10-11-12-13-14-15-16-17-28-25(30)20(2)21-18-22(26(3,4)5)24(29)23(19-21)27(6,7)8/h18-20,29H,9-17H2,1-8H3,(H,28,30). The van der Waals surface area contributed by atoms with Crippen molar-refractivity contribution >= 4 is 5.91 Å². The average molecular weight is 418 g/mol. The second-order valence-electron chi connectivity index (χ2n) is 11.0. The number of hydrogen-bond acceptors (Lipinski definition) is 2. The Hall–Kier alpha value is -1.51. The van der Waals surface area contributed by atoms with E-state index in [1.807, 2.05) is 19.1 Å². The molecule has 0 spiro atoms. The molecule has 0 aliphatic rings. The van der Waals surface area contributed by atoms with Gasteiger partial charge in [0.25, 0.3) is 0 Å². The zero-order valence-electron chi connectivity index (χ0n) is 21.0. The quantitative estimate of drug-likeness (QED) is 0.370. The van der Waals surface area contributed by atoms with Gasteiger partial charge in [-0.3, -0.25) is 4.79 Å². The minimum atomic E-state index is -0.234. The lowest BCUT2D eigenvalue weighted by atomic mass is 9.77. The lowest BCUT2D eigenvalue weighted by molar-refractivity contribution is -0.122. The van der Waals surface area contributed by atoms with E-state index in [0.717, 1.165) is 29.7 Å². The van der Waals surface area contributed by atoms with Crippen LogP contribution in [0.4, 0.5) is 0 Å². The molecule has 0 aromatic heterocycles. The van der Waals surface area contributed by atoms with Gasteiger partial charge in [-0.05, 0) is 40.9 Å². The Kier molecular flexibility index (Phi) is 10.4. The van der Waals surface area contributed by atoms with E-state index in [-0.39, 0.29) is 22.7 Å². The Balaban J connectivity index is 2.71. The number of unbranched alkanes of at least 4 members (excludes halogenated alkanes) is 7. The molecule has 1 atom stereocenters. The summed E-state index contributed by atoms with van der Waals surface area (Å²) in [7, 11) is 0. The number of carbonyl (C=O) groups is 1. The first kappa shape index (κ1) is 26.5. The fourth-order valence-electron chi connectivity index (χ4n) is 3.83. The third-order valence-corrected chi connectivity index (χ3v) is 5.97. The highest BCUT2D eigenvalue weighted by Gasteiger charge is 2.28. The van der Waals surface area contributed by atoms with E-state index in [2.05, 4.69) is 53.8 Å². The predicted molar refractivity (Wildman–Crippen MR) is 130 cm³/mol. The van der Waals surface area contributed by atoms with Crippen molar-refractivity contribution in [2.24, 2.45) is 0 Å². The van der Waals surface area contributed by atoms with Gasteiger partial charge >= 0.3 is 0 Å². The maximum absolute atomic E-state index is 12.8. The van der Waals surface area contributed by atoms with Gasteiger partial charge in [0.05, 0.1) is 5.92 Å². The number of hydrogen-bond donors (Lipinski definition) is 2. The summed E-state index contributed by atoms with van der Waals surface area (Å²) < 4.78 is 0. The number of benzene rings is 1. The highest BCUT2D eigenvalue weighted by Crippen LogP contribution is 2.41. The summed E-state index contributed by atoms with van der Waals surface area (Å²) >= 11 is 0. The number of phenolic OH excluding ortho intramolecular Hbond substituents is 1. The third kappa shape index (κ3) is 8.32. The number of phenols is 1. The number of rotatable bonds is 11. The topological polar surface area (TPSA) is 49.3 Å². The van der Waals surface area contributed by atoms with Crippen LogP contribution in [0.2, 0.25) is 0 Å². The van der Waals surface area contributed by atoms with Crippen LogP contribution in [0.25, 0.3) is 0 Å². The van der Waals surface area contributed by atoms with Crippen molar-refractivity contribution in [2.45, 2.75) is 124 Å². The lowest BCUT2D eigenvalue weighted by Crippen LogP contribution is -2.29. The minimum Gasteiger partial charge on any atom is -0.507 e. The highest BCUT2D eigenvalue weighted by atomic mass is 16.3. The van der Waals surface area contributed by atoms with Crippen molar-refractivity contribution in [1.82, 2.24) is 5.32 Å². The van der Waals surface area contributed by atoms with E-state index >= 15 is 0 Å². The molecule has 1 aromatic carbocycles. The largest absolute Gasteiger partial charge is 0.507 e. The Morgan fingerprint density at radius 1 is 0.867 bits per heavy atom. The van der Waals surface area contributed by atoms with E-state index < -0.39 is 0 Å². The first-order valence-electron chi connectivity index (χ1n) is 12.0. The molecule has 1 aromatic rings. The summed E-state index contributed by atoms with van der Waals surface area (Å²) in [5.41, 5.74) is 2.43. The zero-order valence-corrected chi connectivity index (χ0v) is 21.0. The molecule has 3 heteroatoms. The van der Waals surface area contributed by atoms with E-state index in [9.17, 15) is 9.90 Å². The maximum Gasteiger partial charge on any atom is 0.227 e. The van der Waals surface area contributed by atoms with Crippen molar-refractivity contribution in [1.29, 1.82) is 0 Å². The van der Waals surface area contributed by atoms with Crippen LogP contribution >= 0.6 is 0 Å². The van der Waals surface area contributed by atoms with Gasteiger partial charge in [0, 0.05) is 6.54 Å². The van der Waals surface area contributed by atoms with Crippen LogP contribution in [0.5, 0.6) is 5.75 Å². The number of carbonyl (C=O) groups excluding carboxylic acids is 1. The molecule has 1 unspecified atom stereocenters. The molecule has 0 aliphatic heterocycles. The molecule has 2 N–H and O–H groups in total.